The molecular weight excluding hydrogens is 218 g/mol. The minimum absolute atomic E-state index is 0.663. The molecule has 1 aliphatic heterocycles. The number of rotatable bonds is 3. The van der Waals surface area contributed by atoms with E-state index in [-0.39, 0.29) is 0 Å². The topological polar surface area (TPSA) is 28.2 Å². The number of nitrogens with zero attached hydrogens (tertiary/aromatic N) is 2. The lowest BCUT2D eigenvalue weighted by atomic mass is 10.1. The van der Waals surface area contributed by atoms with Gasteiger partial charge in [0.25, 0.3) is 0 Å². The zero-order chi connectivity index (χ0) is 11.5. The van der Waals surface area contributed by atoms with Crippen LogP contribution in [0.15, 0.2) is 0 Å². The molecule has 0 aliphatic carbocycles. The molecule has 1 unspecified atom stereocenters. The van der Waals surface area contributed by atoms with Crippen LogP contribution in [0.5, 0.6) is 0 Å². The number of nitrogens with one attached hydrogen (secondary N) is 1. The van der Waals surface area contributed by atoms with Gasteiger partial charge in [-0.2, -0.15) is 0 Å². The van der Waals surface area contributed by atoms with E-state index in [1.807, 2.05) is 11.3 Å². The molecule has 4 heteroatoms. The van der Waals surface area contributed by atoms with Crippen molar-refractivity contribution < 1.29 is 0 Å². The highest BCUT2D eigenvalue weighted by Crippen LogP contribution is 2.18. The number of thiazole rings is 1. The first-order valence-corrected chi connectivity index (χ1v) is 6.89. The highest BCUT2D eigenvalue weighted by Gasteiger charge is 2.18. The molecule has 16 heavy (non-hydrogen) atoms. The lowest BCUT2D eigenvalue weighted by Crippen LogP contribution is -2.49. The van der Waals surface area contributed by atoms with Crippen molar-refractivity contribution in [2.45, 2.75) is 39.8 Å². The molecule has 1 aliphatic rings. The summed E-state index contributed by atoms with van der Waals surface area (Å²) in [4.78, 5) is 8.49. The van der Waals surface area contributed by atoms with E-state index in [4.69, 9.17) is 0 Å². The Morgan fingerprint density at radius 1 is 1.50 bits per heavy atom. The van der Waals surface area contributed by atoms with Gasteiger partial charge in [0.15, 0.2) is 0 Å². The Bertz CT molecular complexity index is 329. The van der Waals surface area contributed by atoms with Crippen LogP contribution in [0.4, 0.5) is 0 Å². The van der Waals surface area contributed by atoms with Gasteiger partial charge in [-0.15, -0.1) is 11.3 Å². The van der Waals surface area contributed by atoms with Crippen LogP contribution in [0, 0.1) is 13.8 Å². The summed E-state index contributed by atoms with van der Waals surface area (Å²) in [5.74, 6) is 0. The van der Waals surface area contributed by atoms with E-state index < -0.39 is 0 Å². The second-order valence-corrected chi connectivity index (χ2v) is 5.83. The Hall–Kier alpha value is -0.450. The van der Waals surface area contributed by atoms with E-state index in [1.165, 1.54) is 22.0 Å². The third-order valence-electron chi connectivity index (χ3n) is 3.26. The van der Waals surface area contributed by atoms with Gasteiger partial charge in [0, 0.05) is 30.6 Å². The van der Waals surface area contributed by atoms with Gasteiger partial charge in [0.05, 0.1) is 12.2 Å². The Morgan fingerprint density at radius 3 is 2.94 bits per heavy atom. The number of piperazine rings is 1. The van der Waals surface area contributed by atoms with E-state index in [9.17, 15) is 0 Å². The van der Waals surface area contributed by atoms with Gasteiger partial charge in [-0.25, -0.2) is 4.98 Å². The molecule has 1 fully saturated rings. The van der Waals surface area contributed by atoms with Crippen LogP contribution in [0.25, 0.3) is 0 Å². The first kappa shape index (κ1) is 12.0. The molecule has 0 saturated carbocycles. The van der Waals surface area contributed by atoms with Crippen LogP contribution in [0.3, 0.4) is 0 Å². The third kappa shape index (κ3) is 2.81. The molecule has 2 heterocycles. The minimum Gasteiger partial charge on any atom is -0.311 e. The molecule has 1 aromatic heterocycles. The molecule has 0 radical (unpaired) electrons. The van der Waals surface area contributed by atoms with Gasteiger partial charge >= 0.3 is 0 Å². The summed E-state index contributed by atoms with van der Waals surface area (Å²) in [7, 11) is 0. The number of aromatic nitrogens is 1. The summed E-state index contributed by atoms with van der Waals surface area (Å²) in [5, 5.41) is 4.81. The van der Waals surface area contributed by atoms with Crippen LogP contribution in [0.2, 0.25) is 0 Å². The van der Waals surface area contributed by atoms with Crippen molar-refractivity contribution in [2.75, 3.05) is 19.6 Å². The van der Waals surface area contributed by atoms with Crippen molar-refractivity contribution in [3.8, 4) is 0 Å². The fraction of sp³-hybridized carbons (Fsp3) is 0.750. The molecular formula is C12H21N3S. The van der Waals surface area contributed by atoms with Crippen LogP contribution >= 0.6 is 11.3 Å². The van der Waals surface area contributed by atoms with Crippen molar-refractivity contribution in [1.82, 2.24) is 15.2 Å². The van der Waals surface area contributed by atoms with E-state index in [2.05, 4.69) is 36.0 Å². The Balaban J connectivity index is 1.93. The maximum atomic E-state index is 4.61. The van der Waals surface area contributed by atoms with E-state index in [0.717, 1.165) is 26.2 Å². The van der Waals surface area contributed by atoms with Gasteiger partial charge in [0.2, 0.25) is 0 Å². The van der Waals surface area contributed by atoms with Crippen molar-refractivity contribution in [3.05, 3.63) is 15.6 Å². The number of hydrogen-bond donors (Lipinski definition) is 1. The fourth-order valence-electron chi connectivity index (χ4n) is 2.11. The predicted molar refractivity (Wildman–Crippen MR) is 68.9 cm³/mol. The third-order valence-corrected chi connectivity index (χ3v) is 4.32. The highest BCUT2D eigenvalue weighted by atomic mass is 32.1. The quantitative estimate of drug-likeness (QED) is 0.874. The van der Waals surface area contributed by atoms with Crippen LogP contribution < -0.4 is 5.32 Å². The Labute approximate surface area is 102 Å². The Morgan fingerprint density at radius 2 is 2.31 bits per heavy atom. The van der Waals surface area contributed by atoms with E-state index >= 15 is 0 Å². The van der Waals surface area contributed by atoms with Gasteiger partial charge in [-0.3, -0.25) is 4.90 Å². The largest absolute Gasteiger partial charge is 0.311 e. The number of aryl methyl sites for hydroxylation is 2. The Kier molecular flexibility index (Phi) is 3.95. The van der Waals surface area contributed by atoms with Crippen molar-refractivity contribution in [1.29, 1.82) is 0 Å². The average molecular weight is 239 g/mol. The van der Waals surface area contributed by atoms with Gasteiger partial charge in [0.1, 0.15) is 5.01 Å². The second-order valence-electron chi connectivity index (χ2n) is 4.54. The molecule has 1 aromatic rings. The average Bonchev–Trinajstić information content (AvgIpc) is 2.58. The summed E-state index contributed by atoms with van der Waals surface area (Å²) in [6.07, 6.45) is 1.21. The first-order chi connectivity index (χ1) is 7.69. The van der Waals surface area contributed by atoms with Crippen molar-refractivity contribution in [3.63, 3.8) is 0 Å². The summed E-state index contributed by atoms with van der Waals surface area (Å²) in [6, 6.07) is 0.663. The zero-order valence-corrected chi connectivity index (χ0v) is 11.2. The zero-order valence-electron chi connectivity index (χ0n) is 10.4. The molecule has 1 atom stereocenters. The smallest absolute Gasteiger partial charge is 0.107 e. The molecule has 1 N–H and O–H groups in total. The van der Waals surface area contributed by atoms with Gasteiger partial charge in [-0.1, -0.05) is 6.92 Å². The maximum absolute atomic E-state index is 4.61. The lowest BCUT2D eigenvalue weighted by molar-refractivity contribution is 0.189. The lowest BCUT2D eigenvalue weighted by Gasteiger charge is -2.32. The molecule has 0 spiro atoms. The van der Waals surface area contributed by atoms with Gasteiger partial charge < -0.3 is 5.32 Å². The molecule has 0 aromatic carbocycles. The van der Waals surface area contributed by atoms with Crippen LogP contribution in [-0.4, -0.2) is 35.6 Å². The number of hydrogen-bond acceptors (Lipinski definition) is 4. The SMILES string of the molecule is CCC1CN(Cc2nc(C)c(C)s2)CCN1. The highest BCUT2D eigenvalue weighted by molar-refractivity contribution is 7.11. The standard InChI is InChI=1S/C12H21N3S/c1-4-11-7-15(6-5-13-11)8-12-14-9(2)10(3)16-12/h11,13H,4-8H2,1-3H3. The monoisotopic (exact) mass is 239 g/mol. The molecule has 3 nitrogen and oxygen atoms in total. The fourth-order valence-corrected chi connectivity index (χ4v) is 3.09. The first-order valence-electron chi connectivity index (χ1n) is 6.07. The summed E-state index contributed by atoms with van der Waals surface area (Å²) >= 11 is 1.84. The normalized spacial score (nSPS) is 22.6. The minimum atomic E-state index is 0.663. The van der Waals surface area contributed by atoms with Crippen molar-refractivity contribution >= 4 is 11.3 Å². The predicted octanol–water partition coefficient (Wildman–Crippen LogP) is 1.94. The molecule has 1 saturated heterocycles. The summed E-state index contributed by atoms with van der Waals surface area (Å²) in [6.45, 7) is 11.0. The van der Waals surface area contributed by atoms with Crippen LogP contribution in [-0.2, 0) is 6.54 Å². The van der Waals surface area contributed by atoms with Crippen molar-refractivity contribution in [2.24, 2.45) is 0 Å². The van der Waals surface area contributed by atoms with E-state index in [1.54, 1.807) is 0 Å². The molecule has 2 rings (SSSR count). The summed E-state index contributed by atoms with van der Waals surface area (Å²) in [5.41, 5.74) is 1.20. The maximum Gasteiger partial charge on any atom is 0.107 e. The summed E-state index contributed by atoms with van der Waals surface area (Å²) < 4.78 is 0. The van der Waals surface area contributed by atoms with Crippen LogP contribution in [0.1, 0.15) is 28.9 Å². The van der Waals surface area contributed by atoms with Gasteiger partial charge in [-0.05, 0) is 20.3 Å². The van der Waals surface area contributed by atoms with E-state index in [0.29, 0.717) is 6.04 Å². The molecule has 90 valence electrons. The second kappa shape index (κ2) is 5.25. The molecule has 0 bridgehead atoms. The molecule has 0 amide bonds.